The van der Waals surface area contributed by atoms with Crippen LogP contribution in [0.3, 0.4) is 0 Å². The van der Waals surface area contributed by atoms with E-state index in [2.05, 4.69) is 16.1 Å². The van der Waals surface area contributed by atoms with E-state index in [4.69, 9.17) is 9.88 Å². The van der Waals surface area contributed by atoms with Gasteiger partial charge in [0.05, 0.1) is 0 Å². The molecule has 0 saturated heterocycles. The zero-order chi connectivity index (χ0) is 21.1. The zero-order valence-electron chi connectivity index (χ0n) is 17.6. The van der Waals surface area contributed by atoms with Crippen molar-refractivity contribution in [3.05, 3.63) is 40.6 Å². The molecule has 1 aliphatic heterocycles. The van der Waals surface area contributed by atoms with Gasteiger partial charge in [0.1, 0.15) is 10.5 Å². The molecule has 4 N–H and O–H groups in total. The summed E-state index contributed by atoms with van der Waals surface area (Å²) in [5.41, 5.74) is 5.66. The van der Waals surface area contributed by atoms with Crippen molar-refractivity contribution in [3.8, 4) is 5.88 Å². The number of aromatic nitrogens is 1. The van der Waals surface area contributed by atoms with E-state index >= 15 is 0 Å². The Morgan fingerprint density at radius 3 is 2.50 bits per heavy atom. The lowest BCUT2D eigenvalue weighted by Crippen LogP contribution is -2.46. The number of ether oxygens (including phenoxy) is 1. The third kappa shape index (κ3) is 3.32. The Morgan fingerprint density at radius 1 is 1.17 bits per heavy atom. The summed E-state index contributed by atoms with van der Waals surface area (Å²) >= 11 is 0. The van der Waals surface area contributed by atoms with Gasteiger partial charge in [0.25, 0.3) is 0 Å². The quantitative estimate of drug-likeness (QED) is 0.564. The second kappa shape index (κ2) is 6.85. The van der Waals surface area contributed by atoms with Gasteiger partial charge < -0.3 is 14.6 Å². The maximum atomic E-state index is 13.3. The molecule has 2 aliphatic carbocycles. The van der Waals surface area contributed by atoms with Gasteiger partial charge >= 0.3 is 6.03 Å². The molecule has 162 valence electrons. The predicted molar refractivity (Wildman–Crippen MR) is 118 cm³/mol. The first-order valence-corrected chi connectivity index (χ1v) is 12.5. The van der Waals surface area contributed by atoms with Crippen LogP contribution in [0.5, 0.6) is 5.88 Å². The maximum absolute atomic E-state index is 13.3. The lowest BCUT2D eigenvalue weighted by Gasteiger charge is -2.34. The van der Waals surface area contributed by atoms with E-state index in [1.807, 2.05) is 24.6 Å². The van der Waals surface area contributed by atoms with Crippen molar-refractivity contribution in [3.63, 3.8) is 0 Å². The summed E-state index contributed by atoms with van der Waals surface area (Å²) in [4.78, 5) is 13.3. The summed E-state index contributed by atoms with van der Waals surface area (Å²) in [7, 11) is -3.65. The number of carbonyl (C=O) groups excluding carboxylic acids is 1. The number of fused-ring (bicyclic) bond motifs is 3. The Kier molecular flexibility index (Phi) is 4.48. The van der Waals surface area contributed by atoms with Crippen molar-refractivity contribution >= 4 is 22.0 Å². The summed E-state index contributed by atoms with van der Waals surface area (Å²) in [6, 6.07) is 3.48. The zero-order valence-corrected chi connectivity index (χ0v) is 18.5. The SMILES string of the molecule is CC1(C)CCn2ccc([SH](N)(=O)NC(=O)Nc3c4c(cc5c3CCC5)CCC4)c2O1. The van der Waals surface area contributed by atoms with Gasteiger partial charge in [0.2, 0.25) is 5.88 Å². The molecule has 0 unspecified atom stereocenters. The minimum Gasteiger partial charge on any atom is -0.472 e. The predicted octanol–water partition coefficient (Wildman–Crippen LogP) is 3.01. The standard InChI is InChI=1S/C22H30N4O3S/c1-22(2)10-12-26-11-9-18(20(26)29-22)30(23,28)25-21(27)24-19-16-7-3-5-14(16)13-15-6-4-8-17(15)19/h9,11,13,30H,3-8,10,12H2,1-2H3,(H4,23,24,25,27,28). The first-order chi connectivity index (χ1) is 14.2. The number of thiol groups is 1. The van der Waals surface area contributed by atoms with Crippen molar-refractivity contribution < 1.29 is 13.7 Å². The van der Waals surface area contributed by atoms with Crippen LogP contribution in [-0.4, -0.2) is 20.4 Å². The van der Waals surface area contributed by atoms with Crippen LogP contribution in [0.1, 0.15) is 55.4 Å². The van der Waals surface area contributed by atoms with Crippen molar-refractivity contribution in [1.82, 2.24) is 9.29 Å². The molecule has 0 saturated carbocycles. The molecule has 1 aromatic carbocycles. The molecule has 0 fully saturated rings. The van der Waals surface area contributed by atoms with Crippen LogP contribution in [0.4, 0.5) is 10.5 Å². The normalized spacial score (nSPS) is 19.4. The molecule has 3 aliphatic rings. The summed E-state index contributed by atoms with van der Waals surface area (Å²) in [6.07, 6.45) is 8.92. The molecule has 5 rings (SSSR count). The smallest absolute Gasteiger partial charge is 0.330 e. The second-order valence-electron chi connectivity index (χ2n) is 9.27. The highest BCUT2D eigenvalue weighted by Crippen LogP contribution is 2.39. The summed E-state index contributed by atoms with van der Waals surface area (Å²) in [5.74, 6) is 0.485. The molecule has 0 atom stereocenters. The van der Waals surface area contributed by atoms with E-state index in [0.29, 0.717) is 10.8 Å². The molecule has 2 aromatic rings. The second-order valence-corrected chi connectivity index (χ2v) is 11.3. The average Bonchev–Trinajstić information content (AvgIpc) is 3.38. The lowest BCUT2D eigenvalue weighted by atomic mass is 9.99. The number of aryl methyl sites for hydroxylation is 3. The molecule has 30 heavy (non-hydrogen) atoms. The minimum absolute atomic E-state index is 0.356. The Balaban J connectivity index is 1.40. The number of anilines is 1. The van der Waals surface area contributed by atoms with Gasteiger partial charge in [-0.2, -0.15) is 0 Å². The van der Waals surface area contributed by atoms with E-state index in [-0.39, 0.29) is 5.60 Å². The summed E-state index contributed by atoms with van der Waals surface area (Å²) in [5, 5.41) is 9.17. The molecule has 0 bridgehead atoms. The highest BCUT2D eigenvalue weighted by atomic mass is 32.3. The van der Waals surface area contributed by atoms with Crippen molar-refractivity contribution in [2.75, 3.05) is 5.32 Å². The Bertz CT molecular complexity index is 1060. The van der Waals surface area contributed by atoms with Gasteiger partial charge in [0.15, 0.2) is 0 Å². The molecule has 1 aromatic heterocycles. The fourth-order valence-electron chi connectivity index (χ4n) is 5.01. The van der Waals surface area contributed by atoms with Gasteiger partial charge in [-0.25, -0.2) is 9.00 Å². The van der Waals surface area contributed by atoms with Crippen LogP contribution in [0, 0.1) is 0 Å². The number of hydrogen-bond acceptors (Lipinski definition) is 3. The van der Waals surface area contributed by atoms with Crippen molar-refractivity contribution in [2.45, 2.75) is 75.8 Å². The Labute approximate surface area is 178 Å². The van der Waals surface area contributed by atoms with Gasteiger partial charge in [-0.15, -0.1) is 0 Å². The van der Waals surface area contributed by atoms with Crippen LogP contribution in [0.15, 0.2) is 23.2 Å². The minimum atomic E-state index is -3.65. The first-order valence-electron chi connectivity index (χ1n) is 10.8. The maximum Gasteiger partial charge on any atom is 0.330 e. The molecule has 2 amide bonds. The molecule has 7 nitrogen and oxygen atoms in total. The molecular formula is C22H30N4O3S. The van der Waals surface area contributed by atoms with Gasteiger partial charge in [-0.05, 0) is 80.7 Å². The first kappa shape index (κ1) is 19.6. The number of nitrogens with one attached hydrogen (secondary N) is 2. The van der Waals surface area contributed by atoms with Gasteiger partial charge in [0, 0.05) is 35.2 Å². The third-order valence-corrected chi connectivity index (χ3v) is 8.15. The van der Waals surface area contributed by atoms with Crippen molar-refractivity contribution in [1.29, 1.82) is 0 Å². The fraction of sp³-hybridized carbons (Fsp3) is 0.500. The number of hydrogen-bond donors (Lipinski definition) is 4. The number of carbonyl (C=O) groups is 1. The number of benzene rings is 1. The van der Waals surface area contributed by atoms with Crippen LogP contribution in [0.25, 0.3) is 0 Å². The summed E-state index contributed by atoms with van der Waals surface area (Å²) < 4.78 is 23.8. The number of nitrogens with zero attached hydrogens (tertiary/aromatic N) is 1. The highest BCUT2D eigenvalue weighted by molar-refractivity contribution is 7.99. The molecule has 2 heterocycles. The molecule has 0 spiro atoms. The van der Waals surface area contributed by atoms with Crippen LogP contribution in [-0.2, 0) is 42.5 Å². The lowest BCUT2D eigenvalue weighted by molar-refractivity contribution is 0.0544. The van der Waals surface area contributed by atoms with E-state index < -0.39 is 16.3 Å². The Hall–Kier alpha value is -2.32. The number of urea groups is 1. The largest absolute Gasteiger partial charge is 0.472 e. The van der Waals surface area contributed by atoms with E-state index in [1.54, 1.807) is 6.07 Å². The van der Waals surface area contributed by atoms with E-state index in [9.17, 15) is 9.00 Å². The highest BCUT2D eigenvalue weighted by Gasteiger charge is 2.32. The number of amides is 2. The molecular weight excluding hydrogens is 400 g/mol. The van der Waals surface area contributed by atoms with Crippen LogP contribution >= 0.6 is 0 Å². The van der Waals surface area contributed by atoms with Crippen molar-refractivity contribution in [2.24, 2.45) is 5.14 Å². The van der Waals surface area contributed by atoms with Gasteiger partial charge in [-0.1, -0.05) is 6.07 Å². The monoisotopic (exact) mass is 430 g/mol. The van der Waals surface area contributed by atoms with E-state index in [0.717, 1.165) is 57.2 Å². The van der Waals surface area contributed by atoms with Crippen LogP contribution < -0.4 is 19.9 Å². The number of rotatable bonds is 3. The third-order valence-electron chi connectivity index (χ3n) is 6.56. The summed E-state index contributed by atoms with van der Waals surface area (Å²) in [6.45, 7) is 4.74. The van der Waals surface area contributed by atoms with Gasteiger partial charge in [-0.3, -0.25) is 9.86 Å². The molecule has 0 radical (unpaired) electrons. The van der Waals surface area contributed by atoms with Crippen LogP contribution in [0.2, 0.25) is 0 Å². The average molecular weight is 431 g/mol. The number of nitrogens with two attached hydrogens (primary N) is 1. The topological polar surface area (TPSA) is 98.4 Å². The molecule has 8 heteroatoms. The van der Waals surface area contributed by atoms with E-state index in [1.165, 1.54) is 22.3 Å². The Morgan fingerprint density at radius 2 is 1.83 bits per heavy atom. The fourth-order valence-corrected chi connectivity index (χ4v) is 6.23.